The Labute approximate surface area is 132 Å². The van der Waals surface area contributed by atoms with Crippen molar-refractivity contribution in [2.75, 3.05) is 36.5 Å². The van der Waals surface area contributed by atoms with Crippen LogP contribution in [-0.4, -0.2) is 60.5 Å². The van der Waals surface area contributed by atoms with Crippen molar-refractivity contribution in [1.29, 1.82) is 0 Å². The molecule has 1 N–H and O–H groups in total. The summed E-state index contributed by atoms with van der Waals surface area (Å²) in [5.74, 6) is 1.80. The summed E-state index contributed by atoms with van der Waals surface area (Å²) >= 11 is 0. The van der Waals surface area contributed by atoms with E-state index in [1.165, 1.54) is 4.68 Å². The maximum atomic E-state index is 11.5. The third-order valence-electron chi connectivity index (χ3n) is 4.10. The molecule has 1 aliphatic heterocycles. The number of nitrogens with zero attached hydrogens (tertiary/aromatic N) is 4. The van der Waals surface area contributed by atoms with Crippen LogP contribution >= 0.6 is 0 Å². The molecule has 0 unspecified atom stereocenters. The topological polar surface area (TPSA) is 93.3 Å². The lowest BCUT2D eigenvalue weighted by Gasteiger charge is -2.40. The standard InChI is InChI=1S/C13H23N5O3S/c1-10-11(18(19)20)12(16(4)15-10)14-9-13(2,3)17-5-7-22(21)8-6-17/h14H,5-9H2,1-4H3. The van der Waals surface area contributed by atoms with Gasteiger partial charge in [0.25, 0.3) is 0 Å². The van der Waals surface area contributed by atoms with Crippen molar-refractivity contribution in [1.82, 2.24) is 14.7 Å². The number of nitro groups is 1. The Kier molecular flexibility index (Phi) is 4.86. The average molecular weight is 329 g/mol. The Hall–Kier alpha value is -1.48. The van der Waals surface area contributed by atoms with Gasteiger partial charge < -0.3 is 5.32 Å². The van der Waals surface area contributed by atoms with Gasteiger partial charge in [-0.05, 0) is 20.8 Å². The number of aromatic nitrogens is 2. The first-order valence-electron chi connectivity index (χ1n) is 7.24. The lowest BCUT2D eigenvalue weighted by Crippen LogP contribution is -2.53. The highest BCUT2D eigenvalue weighted by Crippen LogP contribution is 2.28. The van der Waals surface area contributed by atoms with Crippen molar-refractivity contribution in [3.05, 3.63) is 15.8 Å². The maximum absolute atomic E-state index is 11.5. The molecule has 1 aliphatic rings. The van der Waals surface area contributed by atoms with Gasteiger partial charge in [0.05, 0.1) is 4.92 Å². The number of aryl methyl sites for hydroxylation is 2. The Morgan fingerprint density at radius 2 is 2.00 bits per heavy atom. The molecule has 0 atom stereocenters. The van der Waals surface area contributed by atoms with Crippen LogP contribution in [-0.2, 0) is 17.8 Å². The molecule has 124 valence electrons. The van der Waals surface area contributed by atoms with Crippen molar-refractivity contribution < 1.29 is 9.13 Å². The molecule has 0 spiro atoms. The molecule has 0 aliphatic carbocycles. The molecule has 1 saturated heterocycles. The van der Waals surface area contributed by atoms with Crippen LogP contribution in [0.3, 0.4) is 0 Å². The van der Waals surface area contributed by atoms with Crippen molar-refractivity contribution >= 4 is 22.3 Å². The van der Waals surface area contributed by atoms with Crippen molar-refractivity contribution in [2.45, 2.75) is 26.3 Å². The van der Waals surface area contributed by atoms with E-state index in [-0.39, 0.29) is 11.2 Å². The largest absolute Gasteiger partial charge is 0.363 e. The second-order valence-corrected chi connectivity index (χ2v) is 7.86. The van der Waals surface area contributed by atoms with Crippen LogP contribution in [0.4, 0.5) is 11.5 Å². The Bertz CT molecular complexity index is 589. The molecule has 0 saturated carbocycles. The summed E-state index contributed by atoms with van der Waals surface area (Å²) in [6.45, 7) is 7.93. The molecule has 22 heavy (non-hydrogen) atoms. The molecule has 0 radical (unpaired) electrons. The first kappa shape index (κ1) is 16.9. The highest BCUT2D eigenvalue weighted by atomic mass is 32.2. The normalized spacial score (nSPS) is 17.6. The molecule has 8 nitrogen and oxygen atoms in total. The predicted molar refractivity (Wildman–Crippen MR) is 86.6 cm³/mol. The van der Waals surface area contributed by atoms with Gasteiger partial charge in [-0.25, -0.2) is 4.68 Å². The smallest absolute Gasteiger partial charge is 0.333 e. The summed E-state index contributed by atoms with van der Waals surface area (Å²) in [7, 11) is 0.983. The molecule has 0 aromatic carbocycles. The second kappa shape index (κ2) is 6.33. The maximum Gasteiger partial charge on any atom is 0.333 e. The van der Waals surface area contributed by atoms with Gasteiger partial charge in [0, 0.05) is 54.5 Å². The van der Waals surface area contributed by atoms with Gasteiger partial charge in [-0.15, -0.1) is 0 Å². The van der Waals surface area contributed by atoms with E-state index in [1.807, 2.05) is 0 Å². The number of anilines is 1. The minimum Gasteiger partial charge on any atom is -0.363 e. The molecule has 0 bridgehead atoms. The molecule has 1 fully saturated rings. The van der Waals surface area contributed by atoms with E-state index in [0.29, 0.717) is 29.6 Å². The van der Waals surface area contributed by atoms with Crippen LogP contribution < -0.4 is 5.32 Å². The third kappa shape index (κ3) is 3.46. The molecule has 1 aromatic heterocycles. The Morgan fingerprint density at radius 3 is 2.55 bits per heavy atom. The van der Waals surface area contributed by atoms with Crippen molar-refractivity contribution in [3.8, 4) is 0 Å². The summed E-state index contributed by atoms with van der Waals surface area (Å²) in [6, 6.07) is 0. The van der Waals surface area contributed by atoms with Gasteiger partial charge in [0.1, 0.15) is 5.69 Å². The first-order valence-corrected chi connectivity index (χ1v) is 8.73. The van der Waals surface area contributed by atoms with E-state index in [0.717, 1.165) is 13.1 Å². The summed E-state index contributed by atoms with van der Waals surface area (Å²) in [4.78, 5) is 13.1. The molecule has 0 amide bonds. The Morgan fingerprint density at radius 1 is 1.41 bits per heavy atom. The van der Waals surface area contributed by atoms with Crippen LogP contribution in [0.5, 0.6) is 0 Å². The van der Waals surface area contributed by atoms with E-state index in [9.17, 15) is 14.3 Å². The fraction of sp³-hybridized carbons (Fsp3) is 0.769. The summed E-state index contributed by atoms with van der Waals surface area (Å²) < 4.78 is 13.0. The van der Waals surface area contributed by atoms with Gasteiger partial charge in [-0.3, -0.25) is 19.2 Å². The van der Waals surface area contributed by atoms with Crippen molar-refractivity contribution in [2.24, 2.45) is 7.05 Å². The van der Waals surface area contributed by atoms with E-state index in [1.54, 1.807) is 14.0 Å². The Balaban J connectivity index is 2.09. The van der Waals surface area contributed by atoms with E-state index >= 15 is 0 Å². The molecular formula is C13H23N5O3S. The summed E-state index contributed by atoms with van der Waals surface area (Å²) in [5.41, 5.74) is 0.246. The van der Waals surface area contributed by atoms with Crippen LogP contribution in [0.15, 0.2) is 0 Å². The van der Waals surface area contributed by atoms with Crippen LogP contribution in [0.25, 0.3) is 0 Å². The van der Waals surface area contributed by atoms with E-state index in [2.05, 4.69) is 29.2 Å². The summed E-state index contributed by atoms with van der Waals surface area (Å²) in [6.07, 6.45) is 0. The number of nitrogens with one attached hydrogen (secondary N) is 1. The SMILES string of the molecule is Cc1nn(C)c(NCC(C)(C)N2CCS(=O)CC2)c1[N+](=O)[O-]. The zero-order chi connectivity index (χ0) is 16.5. The monoisotopic (exact) mass is 329 g/mol. The number of hydrogen-bond acceptors (Lipinski definition) is 6. The lowest BCUT2D eigenvalue weighted by molar-refractivity contribution is -0.384. The molecule has 2 rings (SSSR count). The van der Waals surface area contributed by atoms with Crippen LogP contribution in [0.2, 0.25) is 0 Å². The molecule has 2 heterocycles. The zero-order valence-corrected chi connectivity index (χ0v) is 14.3. The molecular weight excluding hydrogens is 306 g/mol. The highest BCUT2D eigenvalue weighted by molar-refractivity contribution is 7.85. The average Bonchev–Trinajstić information content (AvgIpc) is 2.71. The predicted octanol–water partition coefficient (Wildman–Crippen LogP) is 0.892. The quantitative estimate of drug-likeness (QED) is 0.637. The van der Waals surface area contributed by atoms with Crippen LogP contribution in [0, 0.1) is 17.0 Å². The van der Waals surface area contributed by atoms with E-state index in [4.69, 9.17) is 0 Å². The second-order valence-electron chi connectivity index (χ2n) is 6.16. The third-order valence-corrected chi connectivity index (χ3v) is 5.37. The van der Waals surface area contributed by atoms with E-state index < -0.39 is 15.7 Å². The number of hydrogen-bond donors (Lipinski definition) is 1. The minimum atomic E-state index is -0.711. The van der Waals surface area contributed by atoms with Gasteiger partial charge in [0.2, 0.25) is 5.82 Å². The zero-order valence-electron chi connectivity index (χ0n) is 13.5. The molecule has 1 aromatic rings. The number of rotatable bonds is 5. The van der Waals surface area contributed by atoms with Gasteiger partial charge in [-0.2, -0.15) is 5.10 Å². The fourth-order valence-electron chi connectivity index (χ4n) is 2.72. The fourth-order valence-corrected chi connectivity index (χ4v) is 3.77. The first-order chi connectivity index (χ1) is 10.2. The summed E-state index contributed by atoms with van der Waals surface area (Å²) in [5, 5.41) is 18.5. The van der Waals surface area contributed by atoms with Crippen LogP contribution in [0.1, 0.15) is 19.5 Å². The van der Waals surface area contributed by atoms with Gasteiger partial charge in [0.15, 0.2) is 0 Å². The highest BCUT2D eigenvalue weighted by Gasteiger charge is 2.31. The lowest BCUT2D eigenvalue weighted by atomic mass is 10.0. The van der Waals surface area contributed by atoms with Gasteiger partial charge >= 0.3 is 5.69 Å². The van der Waals surface area contributed by atoms with Gasteiger partial charge in [-0.1, -0.05) is 0 Å². The minimum absolute atomic E-state index is 0.0260. The van der Waals surface area contributed by atoms with Crippen molar-refractivity contribution in [3.63, 3.8) is 0 Å². The molecule has 9 heteroatoms.